The predicted molar refractivity (Wildman–Crippen MR) is 62.7 cm³/mol. The summed E-state index contributed by atoms with van der Waals surface area (Å²) < 4.78 is 35.7. The lowest BCUT2D eigenvalue weighted by molar-refractivity contribution is -0.150. The molecule has 0 fully saturated rings. The first kappa shape index (κ1) is 17.5. The van der Waals surface area contributed by atoms with Crippen molar-refractivity contribution in [2.45, 2.75) is 45.8 Å². The number of carbonyl (C=O) groups is 2. The molecule has 0 aliphatic heterocycles. The Hall–Kier alpha value is -1.47. The molecule has 0 heterocycles. The van der Waals surface area contributed by atoms with Crippen LogP contribution in [0.5, 0.6) is 0 Å². The minimum atomic E-state index is -4.34. The third-order valence-corrected chi connectivity index (χ3v) is 3.22. The molecular formula is C11H19F3N2O3. The van der Waals surface area contributed by atoms with E-state index in [1.165, 1.54) is 27.7 Å². The fourth-order valence-electron chi connectivity index (χ4n) is 1.07. The number of carbonyl (C=O) groups excluding carboxylic acids is 1. The van der Waals surface area contributed by atoms with E-state index in [1.54, 1.807) is 0 Å². The number of halogens is 3. The molecule has 8 heteroatoms. The Balaban J connectivity index is 4.44. The van der Waals surface area contributed by atoms with Gasteiger partial charge in [-0.15, -0.1) is 0 Å². The number of aliphatic carboxylic acids is 1. The Morgan fingerprint density at radius 3 is 1.95 bits per heavy atom. The molecule has 0 unspecified atom stereocenters. The maximum atomic E-state index is 11.9. The molecule has 0 aliphatic carbocycles. The number of urea groups is 1. The number of carboxylic acid groups (broad SMARTS) is 1. The molecule has 0 aromatic rings. The Bertz CT molecular complexity index is 352. The molecule has 3 N–H and O–H groups in total. The van der Waals surface area contributed by atoms with Gasteiger partial charge in [-0.3, -0.25) is 4.79 Å². The zero-order chi connectivity index (χ0) is 15.5. The summed E-state index contributed by atoms with van der Waals surface area (Å²) in [7, 11) is 0. The van der Waals surface area contributed by atoms with Gasteiger partial charge in [0.25, 0.3) is 0 Å². The van der Waals surface area contributed by atoms with Gasteiger partial charge in [0.15, 0.2) is 0 Å². The summed E-state index contributed by atoms with van der Waals surface area (Å²) in [5.74, 6) is -1.12. The van der Waals surface area contributed by atoms with Crippen molar-refractivity contribution in [3.63, 3.8) is 0 Å². The Morgan fingerprint density at radius 2 is 1.58 bits per heavy atom. The standard InChI is InChI=1S/C11H19F3N2O3/c1-9(2,7(17)18)10(3,4)16-8(19)15-6-5-11(12,13)14/h5-6H2,1-4H3,(H,17,18)(H2,15,16,19). The lowest BCUT2D eigenvalue weighted by Gasteiger charge is -2.38. The molecule has 0 spiro atoms. The van der Waals surface area contributed by atoms with E-state index in [2.05, 4.69) is 5.32 Å². The highest BCUT2D eigenvalue weighted by molar-refractivity contribution is 5.79. The van der Waals surface area contributed by atoms with Crippen molar-refractivity contribution in [2.24, 2.45) is 5.41 Å². The van der Waals surface area contributed by atoms with Crippen molar-refractivity contribution in [1.29, 1.82) is 0 Å². The van der Waals surface area contributed by atoms with E-state index in [4.69, 9.17) is 5.11 Å². The van der Waals surface area contributed by atoms with Crippen molar-refractivity contribution >= 4 is 12.0 Å². The Morgan fingerprint density at radius 1 is 1.11 bits per heavy atom. The van der Waals surface area contributed by atoms with Gasteiger partial charge in [-0.25, -0.2) is 4.79 Å². The van der Waals surface area contributed by atoms with E-state index in [0.29, 0.717) is 0 Å². The zero-order valence-corrected chi connectivity index (χ0v) is 11.3. The van der Waals surface area contributed by atoms with Gasteiger partial charge in [-0.2, -0.15) is 13.2 Å². The van der Waals surface area contributed by atoms with E-state index >= 15 is 0 Å². The normalized spacial score (nSPS) is 13.0. The third kappa shape index (κ3) is 5.35. The van der Waals surface area contributed by atoms with Crippen LogP contribution in [0.1, 0.15) is 34.1 Å². The summed E-state index contributed by atoms with van der Waals surface area (Å²) in [5.41, 5.74) is -2.39. The smallest absolute Gasteiger partial charge is 0.390 e. The summed E-state index contributed by atoms with van der Waals surface area (Å²) in [6.07, 6.45) is -5.48. The van der Waals surface area contributed by atoms with E-state index in [9.17, 15) is 22.8 Å². The van der Waals surface area contributed by atoms with Gasteiger partial charge in [0.05, 0.1) is 17.4 Å². The predicted octanol–water partition coefficient (Wildman–Crippen LogP) is 2.13. The second-order valence-corrected chi connectivity index (χ2v) is 5.30. The molecule has 112 valence electrons. The molecule has 0 atom stereocenters. The van der Waals surface area contributed by atoms with E-state index in [-0.39, 0.29) is 0 Å². The fraction of sp³-hybridized carbons (Fsp3) is 0.818. The minimum absolute atomic E-state index is 0.557. The summed E-state index contributed by atoms with van der Waals surface area (Å²) in [6.45, 7) is 5.27. The van der Waals surface area contributed by atoms with Crippen LogP contribution in [0.3, 0.4) is 0 Å². The van der Waals surface area contributed by atoms with E-state index in [0.717, 1.165) is 0 Å². The average molecular weight is 284 g/mol. The number of rotatable bonds is 5. The highest BCUT2D eigenvalue weighted by Crippen LogP contribution is 2.30. The first-order valence-corrected chi connectivity index (χ1v) is 5.66. The van der Waals surface area contributed by atoms with Gasteiger partial charge in [0.2, 0.25) is 0 Å². The van der Waals surface area contributed by atoms with Crippen LogP contribution in [0.15, 0.2) is 0 Å². The molecule has 0 saturated carbocycles. The molecule has 0 radical (unpaired) electrons. The van der Waals surface area contributed by atoms with Gasteiger partial charge in [0, 0.05) is 6.54 Å². The minimum Gasteiger partial charge on any atom is -0.481 e. The van der Waals surface area contributed by atoms with Crippen LogP contribution >= 0.6 is 0 Å². The maximum absolute atomic E-state index is 11.9. The first-order chi connectivity index (χ1) is 8.29. The molecule has 19 heavy (non-hydrogen) atoms. The highest BCUT2D eigenvalue weighted by atomic mass is 19.4. The van der Waals surface area contributed by atoms with Crippen LogP contribution in [-0.4, -0.2) is 35.4 Å². The van der Waals surface area contributed by atoms with Crippen LogP contribution in [0.25, 0.3) is 0 Å². The number of alkyl halides is 3. The van der Waals surface area contributed by atoms with Crippen molar-refractivity contribution in [3.05, 3.63) is 0 Å². The number of hydrogen-bond donors (Lipinski definition) is 3. The van der Waals surface area contributed by atoms with Crippen molar-refractivity contribution in [2.75, 3.05) is 6.54 Å². The summed E-state index contributed by atoms with van der Waals surface area (Å²) in [4.78, 5) is 22.5. The second-order valence-electron chi connectivity index (χ2n) is 5.30. The Labute approximate surface area is 109 Å². The summed E-state index contributed by atoms with van der Waals surface area (Å²) >= 11 is 0. The molecular weight excluding hydrogens is 265 g/mol. The van der Waals surface area contributed by atoms with Gasteiger partial charge in [-0.05, 0) is 27.7 Å². The van der Waals surface area contributed by atoms with Gasteiger partial charge in [-0.1, -0.05) is 0 Å². The van der Waals surface area contributed by atoms with Crippen molar-refractivity contribution in [1.82, 2.24) is 10.6 Å². The molecule has 0 bridgehead atoms. The van der Waals surface area contributed by atoms with Crippen LogP contribution in [-0.2, 0) is 4.79 Å². The molecule has 0 saturated heterocycles. The lowest BCUT2D eigenvalue weighted by atomic mass is 9.74. The van der Waals surface area contributed by atoms with Gasteiger partial charge in [0.1, 0.15) is 0 Å². The number of amides is 2. The molecule has 5 nitrogen and oxygen atoms in total. The van der Waals surface area contributed by atoms with Crippen LogP contribution < -0.4 is 10.6 Å². The largest absolute Gasteiger partial charge is 0.481 e. The summed E-state index contributed by atoms with van der Waals surface area (Å²) in [5, 5.41) is 13.5. The van der Waals surface area contributed by atoms with Crippen LogP contribution in [0.2, 0.25) is 0 Å². The molecule has 0 aromatic heterocycles. The van der Waals surface area contributed by atoms with Crippen LogP contribution in [0, 0.1) is 5.41 Å². The summed E-state index contributed by atoms with van der Waals surface area (Å²) in [6, 6.07) is -0.830. The number of hydrogen-bond acceptors (Lipinski definition) is 2. The topological polar surface area (TPSA) is 78.4 Å². The molecule has 2 amide bonds. The maximum Gasteiger partial charge on any atom is 0.390 e. The zero-order valence-electron chi connectivity index (χ0n) is 11.3. The van der Waals surface area contributed by atoms with E-state index in [1.807, 2.05) is 5.32 Å². The Kier molecular flexibility index (Phi) is 5.23. The SMILES string of the molecule is CC(C)(NC(=O)NCCC(F)(F)F)C(C)(C)C(=O)O. The van der Waals surface area contributed by atoms with Gasteiger partial charge >= 0.3 is 18.2 Å². The number of carboxylic acids is 1. The van der Waals surface area contributed by atoms with Crippen LogP contribution in [0.4, 0.5) is 18.0 Å². The average Bonchev–Trinajstić information content (AvgIpc) is 2.13. The fourth-order valence-corrected chi connectivity index (χ4v) is 1.07. The first-order valence-electron chi connectivity index (χ1n) is 5.66. The molecule has 0 aliphatic rings. The molecule has 0 rings (SSSR count). The molecule has 0 aromatic carbocycles. The van der Waals surface area contributed by atoms with Crippen molar-refractivity contribution < 1.29 is 27.9 Å². The van der Waals surface area contributed by atoms with E-state index < -0.39 is 42.1 Å². The van der Waals surface area contributed by atoms with Crippen molar-refractivity contribution in [3.8, 4) is 0 Å². The number of nitrogens with one attached hydrogen (secondary N) is 2. The quantitative estimate of drug-likeness (QED) is 0.723. The lowest BCUT2D eigenvalue weighted by Crippen LogP contribution is -2.59. The highest BCUT2D eigenvalue weighted by Gasteiger charge is 2.44. The monoisotopic (exact) mass is 284 g/mol. The third-order valence-electron chi connectivity index (χ3n) is 3.22. The second kappa shape index (κ2) is 5.66. The van der Waals surface area contributed by atoms with Gasteiger partial charge < -0.3 is 15.7 Å².